The molecule has 0 atom stereocenters. The number of rotatable bonds is 5. The summed E-state index contributed by atoms with van der Waals surface area (Å²) in [4.78, 5) is 20.8. The van der Waals surface area contributed by atoms with Crippen molar-refractivity contribution in [2.24, 2.45) is 0 Å². The Labute approximate surface area is 143 Å². The van der Waals surface area contributed by atoms with Crippen LogP contribution in [0.15, 0.2) is 54.0 Å². The summed E-state index contributed by atoms with van der Waals surface area (Å²) in [5.74, 6) is -0.0783. The van der Waals surface area contributed by atoms with Crippen LogP contribution in [0.2, 0.25) is 5.02 Å². The van der Waals surface area contributed by atoms with Gasteiger partial charge in [-0.3, -0.25) is 9.78 Å². The monoisotopic (exact) mass is 343 g/mol. The molecule has 23 heavy (non-hydrogen) atoms. The summed E-state index contributed by atoms with van der Waals surface area (Å²) in [6.07, 6.45) is 2.68. The molecule has 0 bridgehead atoms. The second kappa shape index (κ2) is 7.35. The molecule has 4 nitrogen and oxygen atoms in total. The molecule has 3 rings (SSSR count). The maximum atomic E-state index is 12.0. The number of hydrogen-bond acceptors (Lipinski definition) is 4. The Morgan fingerprint density at radius 1 is 1.17 bits per heavy atom. The van der Waals surface area contributed by atoms with Gasteiger partial charge in [0.1, 0.15) is 5.01 Å². The minimum atomic E-state index is -0.0783. The largest absolute Gasteiger partial charge is 0.325 e. The van der Waals surface area contributed by atoms with E-state index in [0.29, 0.717) is 23.6 Å². The molecule has 3 aromatic rings. The first kappa shape index (κ1) is 15.6. The minimum Gasteiger partial charge on any atom is -0.325 e. The van der Waals surface area contributed by atoms with Crippen LogP contribution in [0.5, 0.6) is 0 Å². The SMILES string of the molecule is O=C(CCc1csc(-c2ccccn2)n1)Nc1ccccc1Cl. The Bertz CT molecular complexity index is 804. The quantitative estimate of drug-likeness (QED) is 0.745. The zero-order valence-electron chi connectivity index (χ0n) is 12.2. The van der Waals surface area contributed by atoms with Gasteiger partial charge < -0.3 is 5.32 Å². The smallest absolute Gasteiger partial charge is 0.224 e. The van der Waals surface area contributed by atoms with Crippen LogP contribution in [0.4, 0.5) is 5.69 Å². The second-order valence-electron chi connectivity index (χ2n) is 4.89. The van der Waals surface area contributed by atoms with Gasteiger partial charge in [-0.1, -0.05) is 29.8 Å². The number of aromatic nitrogens is 2. The number of nitrogens with one attached hydrogen (secondary N) is 1. The fourth-order valence-corrected chi connectivity index (χ4v) is 3.06. The molecule has 0 fully saturated rings. The van der Waals surface area contributed by atoms with Crippen molar-refractivity contribution in [1.29, 1.82) is 0 Å². The minimum absolute atomic E-state index is 0.0783. The third-order valence-electron chi connectivity index (χ3n) is 3.19. The molecule has 0 radical (unpaired) electrons. The molecule has 1 amide bonds. The van der Waals surface area contributed by atoms with Crippen LogP contribution < -0.4 is 5.32 Å². The van der Waals surface area contributed by atoms with E-state index in [2.05, 4.69) is 15.3 Å². The Balaban J connectivity index is 1.58. The Kier molecular flexibility index (Phi) is 5.00. The summed E-state index contributed by atoms with van der Waals surface area (Å²) >= 11 is 7.56. The molecule has 0 aliphatic heterocycles. The topological polar surface area (TPSA) is 54.9 Å². The molecule has 0 unspecified atom stereocenters. The van der Waals surface area contributed by atoms with E-state index in [1.54, 1.807) is 18.3 Å². The lowest BCUT2D eigenvalue weighted by Gasteiger charge is -2.06. The zero-order chi connectivity index (χ0) is 16.1. The molecule has 2 aromatic heterocycles. The molecule has 1 aromatic carbocycles. The number of aryl methyl sites for hydroxylation is 1. The van der Waals surface area contributed by atoms with E-state index < -0.39 is 0 Å². The average Bonchev–Trinajstić information content (AvgIpc) is 3.05. The number of para-hydroxylation sites is 1. The predicted octanol–water partition coefficient (Wildman–Crippen LogP) is 4.43. The summed E-state index contributed by atoms with van der Waals surface area (Å²) in [5.41, 5.74) is 2.38. The van der Waals surface area contributed by atoms with Crippen molar-refractivity contribution in [3.63, 3.8) is 0 Å². The van der Waals surface area contributed by atoms with Crippen molar-refractivity contribution in [2.45, 2.75) is 12.8 Å². The highest BCUT2D eigenvalue weighted by molar-refractivity contribution is 7.13. The number of carbonyl (C=O) groups is 1. The fourth-order valence-electron chi connectivity index (χ4n) is 2.05. The van der Waals surface area contributed by atoms with Gasteiger partial charge >= 0.3 is 0 Å². The first-order chi connectivity index (χ1) is 11.2. The van der Waals surface area contributed by atoms with Crippen LogP contribution in [0.3, 0.4) is 0 Å². The number of thiazole rings is 1. The van der Waals surface area contributed by atoms with E-state index in [-0.39, 0.29) is 5.91 Å². The number of hydrogen-bond donors (Lipinski definition) is 1. The van der Waals surface area contributed by atoms with Gasteiger partial charge in [-0.25, -0.2) is 4.98 Å². The average molecular weight is 344 g/mol. The number of anilines is 1. The summed E-state index contributed by atoms with van der Waals surface area (Å²) in [6, 6.07) is 12.9. The van der Waals surface area contributed by atoms with Gasteiger partial charge in [0.2, 0.25) is 5.91 Å². The molecule has 0 aliphatic carbocycles. The van der Waals surface area contributed by atoms with E-state index in [1.807, 2.05) is 35.7 Å². The number of amides is 1. The maximum absolute atomic E-state index is 12.0. The van der Waals surface area contributed by atoms with Gasteiger partial charge in [0.25, 0.3) is 0 Å². The normalized spacial score (nSPS) is 10.5. The first-order valence-electron chi connectivity index (χ1n) is 7.12. The Hall–Kier alpha value is -2.24. The molecule has 2 heterocycles. The van der Waals surface area contributed by atoms with Gasteiger partial charge in [-0.2, -0.15) is 0 Å². The number of halogens is 1. The van der Waals surface area contributed by atoms with Crippen molar-refractivity contribution in [1.82, 2.24) is 9.97 Å². The van der Waals surface area contributed by atoms with Gasteiger partial charge in [0.05, 0.1) is 22.1 Å². The van der Waals surface area contributed by atoms with E-state index in [4.69, 9.17) is 11.6 Å². The van der Waals surface area contributed by atoms with Crippen molar-refractivity contribution in [3.05, 3.63) is 64.8 Å². The number of carbonyl (C=O) groups excluding carboxylic acids is 1. The van der Waals surface area contributed by atoms with Crippen molar-refractivity contribution >= 4 is 34.5 Å². The Morgan fingerprint density at radius 2 is 2.00 bits per heavy atom. The lowest BCUT2D eigenvalue weighted by atomic mass is 10.2. The number of benzene rings is 1. The molecule has 6 heteroatoms. The van der Waals surface area contributed by atoms with Crippen LogP contribution in [-0.2, 0) is 11.2 Å². The second-order valence-corrected chi connectivity index (χ2v) is 6.15. The molecule has 0 spiro atoms. The lowest BCUT2D eigenvalue weighted by Crippen LogP contribution is -2.12. The van der Waals surface area contributed by atoms with Crippen LogP contribution >= 0.6 is 22.9 Å². The van der Waals surface area contributed by atoms with Crippen LogP contribution in [-0.4, -0.2) is 15.9 Å². The van der Waals surface area contributed by atoms with Crippen LogP contribution in [0.1, 0.15) is 12.1 Å². The molecule has 0 aliphatic rings. The van der Waals surface area contributed by atoms with Crippen molar-refractivity contribution in [3.8, 4) is 10.7 Å². The van der Waals surface area contributed by atoms with Crippen LogP contribution in [0, 0.1) is 0 Å². The molecule has 0 saturated carbocycles. The van der Waals surface area contributed by atoms with Gasteiger partial charge in [0, 0.05) is 18.0 Å². The summed E-state index contributed by atoms with van der Waals surface area (Å²) in [5, 5.41) is 6.18. The Morgan fingerprint density at radius 3 is 2.78 bits per heavy atom. The van der Waals surface area contributed by atoms with Gasteiger partial charge in [-0.05, 0) is 30.7 Å². The molecular formula is C17H14ClN3OS. The lowest BCUT2D eigenvalue weighted by molar-refractivity contribution is -0.116. The van der Waals surface area contributed by atoms with Gasteiger partial charge in [-0.15, -0.1) is 11.3 Å². The van der Waals surface area contributed by atoms with Crippen molar-refractivity contribution < 1.29 is 4.79 Å². The highest BCUT2D eigenvalue weighted by Crippen LogP contribution is 2.23. The molecular weight excluding hydrogens is 330 g/mol. The van der Waals surface area contributed by atoms with E-state index >= 15 is 0 Å². The highest BCUT2D eigenvalue weighted by Gasteiger charge is 2.09. The maximum Gasteiger partial charge on any atom is 0.224 e. The third kappa shape index (κ3) is 4.15. The van der Waals surface area contributed by atoms with Crippen molar-refractivity contribution in [2.75, 3.05) is 5.32 Å². The summed E-state index contributed by atoms with van der Waals surface area (Å²) in [7, 11) is 0. The third-order valence-corrected chi connectivity index (χ3v) is 4.44. The van der Waals surface area contributed by atoms with E-state index in [1.165, 1.54) is 11.3 Å². The number of nitrogens with zero attached hydrogens (tertiary/aromatic N) is 2. The number of pyridine rings is 1. The fraction of sp³-hybridized carbons (Fsp3) is 0.118. The molecule has 116 valence electrons. The van der Waals surface area contributed by atoms with E-state index in [9.17, 15) is 4.79 Å². The zero-order valence-corrected chi connectivity index (χ0v) is 13.8. The first-order valence-corrected chi connectivity index (χ1v) is 8.38. The molecule has 0 saturated heterocycles. The highest BCUT2D eigenvalue weighted by atomic mass is 35.5. The standard InChI is InChI=1S/C17H14ClN3OS/c18-13-5-1-2-6-14(13)21-16(22)9-8-12-11-23-17(20-12)15-7-3-4-10-19-15/h1-7,10-11H,8-9H2,(H,21,22). The summed E-state index contributed by atoms with van der Waals surface area (Å²) in [6.45, 7) is 0. The van der Waals surface area contributed by atoms with E-state index in [0.717, 1.165) is 16.4 Å². The van der Waals surface area contributed by atoms with Gasteiger partial charge in [0.15, 0.2) is 0 Å². The summed E-state index contributed by atoms with van der Waals surface area (Å²) < 4.78 is 0. The predicted molar refractivity (Wildman–Crippen MR) is 93.7 cm³/mol. The molecule has 1 N–H and O–H groups in total. The van der Waals surface area contributed by atoms with Crippen LogP contribution in [0.25, 0.3) is 10.7 Å².